The fourth-order valence-electron chi connectivity index (χ4n) is 2.17. The Hall–Kier alpha value is -2.10. The van der Waals surface area contributed by atoms with Crippen molar-refractivity contribution in [3.8, 4) is 0 Å². The second-order valence-corrected chi connectivity index (χ2v) is 6.42. The highest BCUT2D eigenvalue weighted by atomic mass is 35.5. The number of nitrogens with two attached hydrogens (primary N) is 1. The number of nitrogen functional groups attached to an aromatic ring is 1. The summed E-state index contributed by atoms with van der Waals surface area (Å²) in [7, 11) is 0. The molecule has 2 N–H and O–H groups in total. The van der Waals surface area contributed by atoms with Gasteiger partial charge in [-0.2, -0.15) is 13.2 Å². The largest absolute Gasteiger partial charge is 0.433 e. The predicted molar refractivity (Wildman–Crippen MR) is 92.8 cm³/mol. The number of alkyl halides is 3. The van der Waals surface area contributed by atoms with Crippen LogP contribution in [0.5, 0.6) is 0 Å². The molecule has 0 saturated heterocycles. The lowest BCUT2D eigenvalue weighted by atomic mass is 10.3. The van der Waals surface area contributed by atoms with Gasteiger partial charge in [-0.25, -0.2) is 9.50 Å². The third-order valence-corrected chi connectivity index (χ3v) is 4.04. The smallest absolute Gasteiger partial charge is 0.380 e. The molecule has 0 aliphatic heterocycles. The molecule has 2 heterocycles. The summed E-state index contributed by atoms with van der Waals surface area (Å²) in [4.78, 5) is 4.02. The summed E-state index contributed by atoms with van der Waals surface area (Å²) in [5, 5.41) is 11.9. The molecule has 0 aliphatic rings. The monoisotopic (exact) mass is 422 g/mol. The zero-order valence-corrected chi connectivity index (χ0v) is 15.1. The van der Waals surface area contributed by atoms with Gasteiger partial charge in [0.05, 0.1) is 10.0 Å². The molecule has 0 spiro atoms. The van der Waals surface area contributed by atoms with Gasteiger partial charge in [0.1, 0.15) is 11.4 Å². The standard InChI is InChI=1S/C14H8Cl3F3N6/c1-5-2-9(14(18,19)20)26-13(22-5)11(12(21)25-26)24-23-10-7(16)3-6(15)4-8(10)17/h2-4H,1H3,(H2,21,25). The molecule has 26 heavy (non-hydrogen) atoms. The SMILES string of the molecule is Cc1cc(C(F)(F)F)n2nc(N)c(N=Nc3c(Cl)cc(Cl)cc3Cl)c2n1. The second kappa shape index (κ2) is 6.57. The molecule has 3 aromatic rings. The first-order chi connectivity index (χ1) is 12.1. The zero-order valence-electron chi connectivity index (χ0n) is 12.8. The molecule has 136 valence electrons. The molecule has 2 aromatic heterocycles. The van der Waals surface area contributed by atoms with E-state index in [-0.39, 0.29) is 38.6 Å². The van der Waals surface area contributed by atoms with E-state index in [1.807, 2.05) is 0 Å². The summed E-state index contributed by atoms with van der Waals surface area (Å²) in [6.45, 7) is 1.41. The first-order valence-corrected chi connectivity index (χ1v) is 8.00. The number of anilines is 1. The van der Waals surface area contributed by atoms with Gasteiger partial charge < -0.3 is 5.73 Å². The van der Waals surface area contributed by atoms with Gasteiger partial charge in [-0.3, -0.25) is 0 Å². The Bertz CT molecular complexity index is 1020. The van der Waals surface area contributed by atoms with E-state index in [2.05, 4.69) is 20.3 Å². The molecule has 0 amide bonds. The molecular weight excluding hydrogens is 416 g/mol. The quantitative estimate of drug-likeness (QED) is 0.512. The van der Waals surface area contributed by atoms with Crippen LogP contribution in [0, 0.1) is 6.92 Å². The van der Waals surface area contributed by atoms with E-state index in [0.29, 0.717) is 9.54 Å². The Morgan fingerprint density at radius 1 is 1.04 bits per heavy atom. The maximum Gasteiger partial charge on any atom is 0.433 e. The molecule has 0 bridgehead atoms. The molecule has 0 fully saturated rings. The third-order valence-electron chi connectivity index (χ3n) is 3.24. The van der Waals surface area contributed by atoms with Crippen molar-refractivity contribution >= 4 is 57.6 Å². The van der Waals surface area contributed by atoms with E-state index < -0.39 is 11.9 Å². The number of aromatic nitrogens is 3. The predicted octanol–water partition coefficient (Wildman–Crippen LogP) is 6.01. The van der Waals surface area contributed by atoms with Crippen molar-refractivity contribution in [2.24, 2.45) is 10.2 Å². The lowest BCUT2D eigenvalue weighted by Crippen LogP contribution is -2.13. The molecule has 1 aromatic carbocycles. The molecule has 0 atom stereocenters. The van der Waals surface area contributed by atoms with E-state index in [9.17, 15) is 13.2 Å². The minimum Gasteiger partial charge on any atom is -0.380 e. The van der Waals surface area contributed by atoms with Gasteiger partial charge in [0.25, 0.3) is 0 Å². The fraction of sp³-hybridized carbons (Fsp3) is 0.143. The van der Waals surface area contributed by atoms with Crippen molar-refractivity contribution < 1.29 is 13.2 Å². The van der Waals surface area contributed by atoms with Crippen LogP contribution in [-0.4, -0.2) is 14.6 Å². The van der Waals surface area contributed by atoms with Gasteiger partial charge in [0.2, 0.25) is 0 Å². The van der Waals surface area contributed by atoms with Gasteiger partial charge in [-0.05, 0) is 25.1 Å². The molecule has 0 saturated carbocycles. The zero-order chi connectivity index (χ0) is 19.2. The van der Waals surface area contributed by atoms with Crippen LogP contribution in [0.3, 0.4) is 0 Å². The van der Waals surface area contributed by atoms with Gasteiger partial charge in [-0.1, -0.05) is 34.8 Å². The van der Waals surface area contributed by atoms with Crippen LogP contribution in [0.2, 0.25) is 15.1 Å². The van der Waals surface area contributed by atoms with E-state index in [0.717, 1.165) is 6.07 Å². The Kier molecular flexibility index (Phi) is 4.72. The molecule has 12 heteroatoms. The topological polar surface area (TPSA) is 80.9 Å². The van der Waals surface area contributed by atoms with Crippen LogP contribution < -0.4 is 5.73 Å². The molecule has 0 unspecified atom stereocenters. The number of halogens is 6. The van der Waals surface area contributed by atoms with E-state index in [1.54, 1.807) is 0 Å². The Labute approximate surface area is 159 Å². The molecular formula is C14H8Cl3F3N6. The summed E-state index contributed by atoms with van der Waals surface area (Å²) >= 11 is 17.8. The second-order valence-electron chi connectivity index (χ2n) is 5.17. The average Bonchev–Trinajstić information content (AvgIpc) is 2.80. The lowest BCUT2D eigenvalue weighted by molar-refractivity contribution is -0.142. The highest BCUT2D eigenvalue weighted by Crippen LogP contribution is 2.39. The van der Waals surface area contributed by atoms with Crippen molar-refractivity contribution in [1.82, 2.24) is 14.6 Å². The van der Waals surface area contributed by atoms with Crippen molar-refractivity contribution in [3.05, 3.63) is 44.7 Å². The minimum atomic E-state index is -4.65. The van der Waals surface area contributed by atoms with Crippen molar-refractivity contribution in [3.63, 3.8) is 0 Å². The van der Waals surface area contributed by atoms with Crippen LogP contribution in [0.4, 0.5) is 30.4 Å². The minimum absolute atomic E-state index is 0.0835. The van der Waals surface area contributed by atoms with E-state index in [4.69, 9.17) is 40.5 Å². The number of aryl methyl sites for hydroxylation is 1. The third kappa shape index (κ3) is 3.42. The van der Waals surface area contributed by atoms with Crippen LogP contribution in [0.1, 0.15) is 11.4 Å². The number of hydrogen-bond acceptors (Lipinski definition) is 5. The summed E-state index contributed by atoms with van der Waals surface area (Å²) in [5.74, 6) is -0.279. The number of azo groups is 1. The molecule has 6 nitrogen and oxygen atoms in total. The van der Waals surface area contributed by atoms with Crippen molar-refractivity contribution in [2.75, 3.05) is 5.73 Å². The maximum absolute atomic E-state index is 13.2. The van der Waals surface area contributed by atoms with Crippen LogP contribution in [0.15, 0.2) is 28.4 Å². The number of fused-ring (bicyclic) bond motifs is 1. The van der Waals surface area contributed by atoms with Crippen LogP contribution in [-0.2, 0) is 6.18 Å². The number of hydrogen-bond donors (Lipinski definition) is 1. The highest BCUT2D eigenvalue weighted by molar-refractivity contribution is 6.41. The van der Waals surface area contributed by atoms with Crippen LogP contribution in [0.25, 0.3) is 5.65 Å². The number of rotatable bonds is 2. The summed E-state index contributed by atoms with van der Waals surface area (Å²) in [5.41, 5.74) is 4.53. The van der Waals surface area contributed by atoms with Crippen molar-refractivity contribution in [2.45, 2.75) is 13.1 Å². The van der Waals surface area contributed by atoms with E-state index in [1.165, 1.54) is 19.1 Å². The van der Waals surface area contributed by atoms with E-state index >= 15 is 0 Å². The number of nitrogens with zero attached hydrogens (tertiary/aromatic N) is 5. The first-order valence-electron chi connectivity index (χ1n) is 6.87. The number of benzene rings is 1. The van der Waals surface area contributed by atoms with Gasteiger partial charge >= 0.3 is 6.18 Å². The summed E-state index contributed by atoms with van der Waals surface area (Å²) < 4.78 is 40.2. The Morgan fingerprint density at radius 2 is 1.62 bits per heavy atom. The molecule has 3 rings (SSSR count). The van der Waals surface area contributed by atoms with Crippen LogP contribution >= 0.6 is 34.8 Å². The lowest BCUT2D eigenvalue weighted by Gasteiger charge is -2.09. The first kappa shape index (κ1) is 18.7. The molecule has 0 radical (unpaired) electrons. The fourth-order valence-corrected chi connectivity index (χ4v) is 3.06. The molecule has 0 aliphatic carbocycles. The van der Waals surface area contributed by atoms with Gasteiger partial charge in [0, 0.05) is 10.7 Å². The maximum atomic E-state index is 13.2. The average molecular weight is 424 g/mol. The summed E-state index contributed by atoms with van der Waals surface area (Å²) in [6.07, 6.45) is -4.65. The Morgan fingerprint density at radius 3 is 2.19 bits per heavy atom. The highest BCUT2D eigenvalue weighted by Gasteiger charge is 2.35. The van der Waals surface area contributed by atoms with Gasteiger partial charge in [0.15, 0.2) is 17.2 Å². The van der Waals surface area contributed by atoms with Gasteiger partial charge in [-0.15, -0.1) is 15.3 Å². The van der Waals surface area contributed by atoms with Crippen molar-refractivity contribution in [1.29, 1.82) is 0 Å². The normalized spacial score (nSPS) is 12.4. The summed E-state index contributed by atoms with van der Waals surface area (Å²) in [6, 6.07) is 3.65. The Balaban J connectivity index is 2.18.